The molecule has 2 saturated carbocycles. The lowest BCUT2D eigenvalue weighted by atomic mass is 10.0. The molecule has 0 atom stereocenters. The Balaban J connectivity index is 1.65. The Morgan fingerprint density at radius 2 is 2.06 bits per heavy atom. The Labute approximate surface area is 98.8 Å². The van der Waals surface area contributed by atoms with Crippen molar-refractivity contribution in [2.75, 3.05) is 17.6 Å². The van der Waals surface area contributed by atoms with Crippen LogP contribution in [0.25, 0.3) is 0 Å². The van der Waals surface area contributed by atoms with Gasteiger partial charge in [0.1, 0.15) is 0 Å². The SMILES string of the molecule is Nc1nc(Cl)nc(NCC2(C3CC3)CC2)n1. The third-order valence-corrected chi connectivity index (χ3v) is 3.73. The van der Waals surface area contributed by atoms with Crippen LogP contribution in [-0.2, 0) is 0 Å². The molecule has 6 heteroatoms. The van der Waals surface area contributed by atoms with E-state index in [1.165, 1.54) is 25.7 Å². The van der Waals surface area contributed by atoms with E-state index in [4.69, 9.17) is 17.3 Å². The van der Waals surface area contributed by atoms with Gasteiger partial charge in [-0.2, -0.15) is 15.0 Å². The summed E-state index contributed by atoms with van der Waals surface area (Å²) in [6.07, 6.45) is 5.39. The summed E-state index contributed by atoms with van der Waals surface area (Å²) in [6.45, 7) is 0.928. The highest BCUT2D eigenvalue weighted by Gasteiger charge is 2.53. The first-order valence-electron chi connectivity index (χ1n) is 5.59. The maximum atomic E-state index is 5.71. The van der Waals surface area contributed by atoms with E-state index in [2.05, 4.69) is 20.3 Å². The van der Waals surface area contributed by atoms with Crippen molar-refractivity contribution in [3.63, 3.8) is 0 Å². The molecule has 16 heavy (non-hydrogen) atoms. The highest BCUT2D eigenvalue weighted by Crippen LogP contribution is 2.61. The van der Waals surface area contributed by atoms with Crippen LogP contribution >= 0.6 is 11.6 Å². The normalized spacial score (nSPS) is 21.8. The topological polar surface area (TPSA) is 76.7 Å². The van der Waals surface area contributed by atoms with Crippen LogP contribution in [0.15, 0.2) is 0 Å². The molecule has 2 fully saturated rings. The number of halogens is 1. The van der Waals surface area contributed by atoms with Gasteiger partial charge in [0.2, 0.25) is 17.2 Å². The first kappa shape index (κ1) is 10.1. The highest BCUT2D eigenvalue weighted by molar-refractivity contribution is 6.28. The Kier molecular flexibility index (Phi) is 2.17. The summed E-state index contributed by atoms with van der Waals surface area (Å²) >= 11 is 5.71. The minimum atomic E-state index is 0.145. The lowest BCUT2D eigenvalue weighted by molar-refractivity contribution is 0.465. The molecule has 0 unspecified atom stereocenters. The van der Waals surface area contributed by atoms with Gasteiger partial charge in [0.15, 0.2) is 0 Å². The number of hydrogen-bond acceptors (Lipinski definition) is 5. The number of rotatable bonds is 4. The molecule has 0 bridgehead atoms. The Morgan fingerprint density at radius 3 is 2.62 bits per heavy atom. The van der Waals surface area contributed by atoms with Gasteiger partial charge in [0, 0.05) is 6.54 Å². The molecule has 0 aromatic carbocycles. The minimum Gasteiger partial charge on any atom is -0.368 e. The van der Waals surface area contributed by atoms with Crippen molar-refractivity contribution in [3.8, 4) is 0 Å². The van der Waals surface area contributed by atoms with E-state index in [1.54, 1.807) is 0 Å². The highest BCUT2D eigenvalue weighted by atomic mass is 35.5. The lowest BCUT2D eigenvalue weighted by Gasteiger charge is -2.14. The van der Waals surface area contributed by atoms with Crippen LogP contribution in [0.3, 0.4) is 0 Å². The Hall–Kier alpha value is -1.10. The first-order valence-corrected chi connectivity index (χ1v) is 5.97. The van der Waals surface area contributed by atoms with Gasteiger partial charge in [-0.3, -0.25) is 0 Å². The second-order valence-electron chi connectivity index (χ2n) is 4.78. The summed E-state index contributed by atoms with van der Waals surface area (Å²) in [7, 11) is 0. The van der Waals surface area contributed by atoms with E-state index < -0.39 is 0 Å². The average molecular weight is 240 g/mol. The van der Waals surface area contributed by atoms with Crippen LogP contribution in [0.4, 0.5) is 11.9 Å². The second-order valence-corrected chi connectivity index (χ2v) is 5.11. The predicted molar refractivity (Wildman–Crippen MR) is 62.1 cm³/mol. The number of nitrogens with zero attached hydrogens (tertiary/aromatic N) is 3. The fraction of sp³-hybridized carbons (Fsp3) is 0.700. The van der Waals surface area contributed by atoms with Gasteiger partial charge >= 0.3 is 0 Å². The monoisotopic (exact) mass is 239 g/mol. The first-order chi connectivity index (χ1) is 7.68. The Morgan fingerprint density at radius 1 is 1.31 bits per heavy atom. The molecule has 0 amide bonds. The van der Waals surface area contributed by atoms with Crippen LogP contribution < -0.4 is 11.1 Å². The van der Waals surface area contributed by atoms with Gasteiger partial charge in [-0.15, -0.1) is 0 Å². The van der Waals surface area contributed by atoms with Gasteiger partial charge in [-0.1, -0.05) is 0 Å². The smallest absolute Gasteiger partial charge is 0.228 e. The van der Waals surface area contributed by atoms with Crippen LogP contribution in [0.5, 0.6) is 0 Å². The van der Waals surface area contributed by atoms with Gasteiger partial charge in [0.05, 0.1) is 0 Å². The van der Waals surface area contributed by atoms with E-state index in [-0.39, 0.29) is 11.2 Å². The zero-order chi connectivity index (χ0) is 11.2. The number of anilines is 2. The predicted octanol–water partition coefficient (Wildman–Crippen LogP) is 1.71. The average Bonchev–Trinajstić information content (AvgIpc) is 3.07. The van der Waals surface area contributed by atoms with Crippen molar-refractivity contribution >= 4 is 23.5 Å². The van der Waals surface area contributed by atoms with Crippen LogP contribution in [0.2, 0.25) is 5.28 Å². The number of aromatic nitrogens is 3. The molecular weight excluding hydrogens is 226 g/mol. The molecular formula is C10H14ClN5. The van der Waals surface area contributed by atoms with Gasteiger partial charge in [-0.25, -0.2) is 0 Å². The zero-order valence-corrected chi connectivity index (χ0v) is 9.67. The summed E-state index contributed by atoms with van der Waals surface area (Å²) in [5, 5.41) is 3.37. The van der Waals surface area contributed by atoms with Gasteiger partial charge in [0.25, 0.3) is 0 Å². The van der Waals surface area contributed by atoms with Crippen molar-refractivity contribution in [3.05, 3.63) is 5.28 Å². The molecule has 1 heterocycles. The Bertz CT molecular complexity index is 393. The number of nitrogens with two attached hydrogens (primary N) is 1. The third kappa shape index (κ3) is 1.91. The lowest BCUT2D eigenvalue weighted by Crippen LogP contribution is -2.19. The van der Waals surface area contributed by atoms with E-state index in [1.807, 2.05) is 0 Å². The fourth-order valence-electron chi connectivity index (χ4n) is 2.29. The van der Waals surface area contributed by atoms with Crippen LogP contribution in [-0.4, -0.2) is 21.5 Å². The van der Waals surface area contributed by atoms with E-state index >= 15 is 0 Å². The molecule has 0 saturated heterocycles. The molecule has 3 N–H and O–H groups in total. The van der Waals surface area contributed by atoms with Crippen molar-refractivity contribution in [2.24, 2.45) is 11.3 Å². The molecule has 5 nitrogen and oxygen atoms in total. The van der Waals surface area contributed by atoms with Crippen molar-refractivity contribution in [1.82, 2.24) is 15.0 Å². The summed E-state index contributed by atoms with van der Waals surface area (Å²) in [4.78, 5) is 11.7. The number of hydrogen-bond donors (Lipinski definition) is 2. The maximum absolute atomic E-state index is 5.71. The quantitative estimate of drug-likeness (QED) is 0.837. The summed E-state index contributed by atoms with van der Waals surface area (Å²) in [5.74, 6) is 1.57. The summed E-state index contributed by atoms with van der Waals surface area (Å²) in [5.41, 5.74) is 6.01. The molecule has 2 aliphatic carbocycles. The molecule has 0 radical (unpaired) electrons. The standard InChI is InChI=1S/C10H14ClN5/c11-7-14-8(12)16-9(15-7)13-5-10(3-4-10)6-1-2-6/h6H,1-5H2,(H3,12,13,14,15,16). The van der Waals surface area contributed by atoms with Crippen molar-refractivity contribution in [2.45, 2.75) is 25.7 Å². The van der Waals surface area contributed by atoms with E-state index in [0.29, 0.717) is 11.4 Å². The van der Waals surface area contributed by atoms with E-state index in [9.17, 15) is 0 Å². The van der Waals surface area contributed by atoms with Crippen LogP contribution in [0, 0.1) is 11.3 Å². The molecule has 3 rings (SSSR count). The molecule has 0 aliphatic heterocycles. The van der Waals surface area contributed by atoms with Crippen LogP contribution in [0.1, 0.15) is 25.7 Å². The molecule has 1 aromatic heterocycles. The fourth-order valence-corrected chi connectivity index (χ4v) is 2.45. The number of nitrogen functional groups attached to an aromatic ring is 1. The summed E-state index contributed by atoms with van der Waals surface area (Å²) < 4.78 is 0. The zero-order valence-electron chi connectivity index (χ0n) is 8.91. The van der Waals surface area contributed by atoms with Gasteiger partial charge < -0.3 is 11.1 Å². The molecule has 0 spiro atoms. The second kappa shape index (κ2) is 3.45. The van der Waals surface area contributed by atoms with Crippen molar-refractivity contribution in [1.29, 1.82) is 0 Å². The van der Waals surface area contributed by atoms with Gasteiger partial charge in [-0.05, 0) is 48.6 Å². The maximum Gasteiger partial charge on any atom is 0.228 e. The summed E-state index contributed by atoms with van der Waals surface area (Å²) in [6, 6.07) is 0. The largest absolute Gasteiger partial charge is 0.368 e. The molecule has 86 valence electrons. The minimum absolute atomic E-state index is 0.145. The number of nitrogens with one attached hydrogen (secondary N) is 1. The van der Waals surface area contributed by atoms with Crippen molar-refractivity contribution < 1.29 is 0 Å². The third-order valence-electron chi connectivity index (χ3n) is 3.56. The molecule has 2 aliphatic rings. The molecule has 1 aromatic rings. The van der Waals surface area contributed by atoms with E-state index in [0.717, 1.165) is 12.5 Å².